The molecule has 8 heteroatoms. The van der Waals surface area contributed by atoms with Gasteiger partial charge in [0.05, 0.1) is 37.2 Å². The number of unbranched alkanes of at least 4 members (excludes halogenated alkanes) is 2. The summed E-state index contributed by atoms with van der Waals surface area (Å²) in [5.41, 5.74) is -1.03. The summed E-state index contributed by atoms with van der Waals surface area (Å²) in [6.07, 6.45) is 4.44. The topological polar surface area (TPSA) is 105 Å². The summed E-state index contributed by atoms with van der Waals surface area (Å²) >= 11 is 0. The van der Waals surface area contributed by atoms with Crippen molar-refractivity contribution in [3.63, 3.8) is 0 Å². The molecule has 8 nitrogen and oxygen atoms in total. The Hall–Kier alpha value is -1.67. The van der Waals surface area contributed by atoms with E-state index in [2.05, 4.69) is 12.2 Å². The maximum Gasteiger partial charge on any atom is 0.312 e. The molecule has 3 aliphatic heterocycles. The van der Waals surface area contributed by atoms with E-state index >= 15 is 0 Å². The fourth-order valence-corrected chi connectivity index (χ4v) is 5.75. The number of carbonyl (C=O) groups is 3. The molecular weight excluding hydrogens is 400 g/mol. The Kier molecular flexibility index (Phi) is 7.63. The van der Waals surface area contributed by atoms with Gasteiger partial charge in [-0.1, -0.05) is 40.0 Å². The molecule has 3 rings (SSSR count). The van der Waals surface area contributed by atoms with Crippen LogP contribution in [0.1, 0.15) is 66.2 Å². The maximum atomic E-state index is 13.7. The molecule has 0 aliphatic carbocycles. The Balaban J connectivity index is 1.97. The van der Waals surface area contributed by atoms with Crippen LogP contribution in [0.5, 0.6) is 0 Å². The number of amides is 2. The summed E-state index contributed by atoms with van der Waals surface area (Å²) in [6.45, 7) is 8.32. The highest BCUT2D eigenvalue weighted by molar-refractivity contribution is 5.98. The lowest BCUT2D eigenvalue weighted by Gasteiger charge is -2.38. The van der Waals surface area contributed by atoms with E-state index in [0.29, 0.717) is 19.4 Å². The monoisotopic (exact) mass is 438 g/mol. The number of aliphatic hydroxyl groups excluding tert-OH is 1. The SMILES string of the molecule is CCCCCNC(=O)C1N([C@@H](CO)[C@@H](C)CC)C(=O)[C@@H]2[C@H](C(=O)OCC)[C@@H]3CCC12O3. The zero-order valence-electron chi connectivity index (χ0n) is 19.3. The number of aliphatic hydroxyl groups is 1. The third kappa shape index (κ3) is 3.97. The molecule has 3 fully saturated rings. The maximum absolute atomic E-state index is 13.7. The largest absolute Gasteiger partial charge is 0.466 e. The molecule has 3 heterocycles. The van der Waals surface area contributed by atoms with Crippen LogP contribution in [-0.2, 0) is 23.9 Å². The molecule has 176 valence electrons. The second-order valence-corrected chi connectivity index (χ2v) is 9.19. The average Bonchev–Trinajstić information content (AvgIpc) is 3.39. The molecule has 3 saturated heterocycles. The normalized spacial score (nSPS) is 33.3. The van der Waals surface area contributed by atoms with E-state index in [0.717, 1.165) is 25.7 Å². The highest BCUT2D eigenvalue weighted by atomic mass is 16.6. The standard InChI is InChI=1S/C23H38N2O6/c1-5-8-9-12-24-20(27)19-23-11-10-16(31-23)17(22(29)30-7-3)18(23)21(28)25(19)15(13-26)14(4)6-2/h14-19,26H,5-13H2,1-4H3,(H,24,27)/t14-,15-,16-,17+,18-,19?,23?/m0/s1. The number of carbonyl (C=O) groups excluding carboxylic acids is 3. The highest BCUT2D eigenvalue weighted by Crippen LogP contribution is 2.59. The molecule has 3 aliphatic rings. The van der Waals surface area contributed by atoms with Crippen LogP contribution in [0.3, 0.4) is 0 Å². The molecule has 0 aromatic heterocycles. The number of nitrogens with zero attached hydrogens (tertiary/aromatic N) is 1. The molecule has 7 atom stereocenters. The molecule has 2 amide bonds. The molecule has 31 heavy (non-hydrogen) atoms. The van der Waals surface area contributed by atoms with Gasteiger partial charge in [0, 0.05) is 6.54 Å². The van der Waals surface area contributed by atoms with E-state index < -0.39 is 41.6 Å². The van der Waals surface area contributed by atoms with Gasteiger partial charge in [-0.25, -0.2) is 0 Å². The quantitative estimate of drug-likeness (QED) is 0.375. The van der Waals surface area contributed by atoms with Gasteiger partial charge >= 0.3 is 5.97 Å². The van der Waals surface area contributed by atoms with Gasteiger partial charge in [-0.2, -0.15) is 0 Å². The number of rotatable bonds is 11. The third-order valence-electron chi connectivity index (χ3n) is 7.47. The summed E-state index contributed by atoms with van der Waals surface area (Å²) < 4.78 is 11.6. The smallest absolute Gasteiger partial charge is 0.312 e. The van der Waals surface area contributed by atoms with Gasteiger partial charge in [0.1, 0.15) is 11.6 Å². The minimum Gasteiger partial charge on any atom is -0.466 e. The van der Waals surface area contributed by atoms with Crippen LogP contribution < -0.4 is 5.32 Å². The van der Waals surface area contributed by atoms with Crippen molar-refractivity contribution in [2.45, 2.75) is 90.0 Å². The second-order valence-electron chi connectivity index (χ2n) is 9.19. The van der Waals surface area contributed by atoms with Crippen molar-refractivity contribution in [2.75, 3.05) is 19.8 Å². The molecule has 2 unspecified atom stereocenters. The lowest BCUT2D eigenvalue weighted by molar-refractivity contribution is -0.155. The van der Waals surface area contributed by atoms with Crippen molar-refractivity contribution >= 4 is 17.8 Å². The lowest BCUT2D eigenvalue weighted by atomic mass is 9.70. The van der Waals surface area contributed by atoms with Gasteiger partial charge in [-0.15, -0.1) is 0 Å². The lowest BCUT2D eigenvalue weighted by Crippen LogP contribution is -2.59. The average molecular weight is 439 g/mol. The van der Waals surface area contributed by atoms with E-state index in [9.17, 15) is 19.5 Å². The van der Waals surface area contributed by atoms with Crippen LogP contribution in [0, 0.1) is 17.8 Å². The van der Waals surface area contributed by atoms with Crippen LogP contribution in [0.4, 0.5) is 0 Å². The fraction of sp³-hybridized carbons (Fsp3) is 0.870. The molecule has 2 N–H and O–H groups in total. The molecule has 2 bridgehead atoms. The summed E-state index contributed by atoms with van der Waals surface area (Å²) in [6, 6.07) is -1.35. The first-order valence-corrected chi connectivity index (χ1v) is 11.9. The van der Waals surface area contributed by atoms with Gasteiger partial charge in [0.25, 0.3) is 0 Å². The van der Waals surface area contributed by atoms with Crippen molar-refractivity contribution in [3.8, 4) is 0 Å². The molecule has 0 aromatic carbocycles. The summed E-state index contributed by atoms with van der Waals surface area (Å²) in [5, 5.41) is 13.2. The first-order chi connectivity index (χ1) is 14.9. The predicted molar refractivity (Wildman–Crippen MR) is 114 cm³/mol. The van der Waals surface area contributed by atoms with Gasteiger partial charge in [0.2, 0.25) is 11.8 Å². The summed E-state index contributed by atoms with van der Waals surface area (Å²) in [5.74, 6) is -2.39. The van der Waals surface area contributed by atoms with Gasteiger partial charge in [0.15, 0.2) is 0 Å². The number of fused-ring (bicyclic) bond motifs is 1. The zero-order chi connectivity index (χ0) is 22.8. The van der Waals surface area contributed by atoms with E-state index in [1.165, 1.54) is 0 Å². The van der Waals surface area contributed by atoms with Crippen LogP contribution in [0.15, 0.2) is 0 Å². The first kappa shape index (κ1) is 24.0. The van der Waals surface area contributed by atoms with E-state index in [1.54, 1.807) is 11.8 Å². The van der Waals surface area contributed by atoms with Crippen LogP contribution >= 0.6 is 0 Å². The summed E-state index contributed by atoms with van der Waals surface area (Å²) in [4.78, 5) is 41.5. The Bertz CT molecular complexity index is 685. The molecular formula is C23H38N2O6. The molecule has 0 aromatic rings. The Morgan fingerprint density at radius 2 is 2.06 bits per heavy atom. The van der Waals surface area contributed by atoms with Crippen LogP contribution in [0.25, 0.3) is 0 Å². The van der Waals surface area contributed by atoms with Gasteiger partial charge in [-0.3, -0.25) is 14.4 Å². The van der Waals surface area contributed by atoms with Crippen molar-refractivity contribution in [1.29, 1.82) is 0 Å². The molecule has 0 radical (unpaired) electrons. The van der Waals surface area contributed by atoms with E-state index in [1.807, 2.05) is 13.8 Å². The number of esters is 1. The molecule has 1 spiro atoms. The van der Waals surface area contributed by atoms with Crippen molar-refractivity contribution < 1.29 is 29.0 Å². The number of hydrogen-bond donors (Lipinski definition) is 2. The zero-order valence-corrected chi connectivity index (χ0v) is 19.3. The van der Waals surface area contributed by atoms with Crippen molar-refractivity contribution in [3.05, 3.63) is 0 Å². The highest BCUT2D eigenvalue weighted by Gasteiger charge is 2.75. The van der Waals surface area contributed by atoms with Crippen LogP contribution in [-0.4, -0.2) is 71.3 Å². The Morgan fingerprint density at radius 1 is 1.32 bits per heavy atom. The fourth-order valence-electron chi connectivity index (χ4n) is 5.75. The minimum atomic E-state index is -1.03. The third-order valence-corrected chi connectivity index (χ3v) is 7.47. The van der Waals surface area contributed by atoms with Gasteiger partial charge < -0.3 is 24.8 Å². The predicted octanol–water partition coefficient (Wildman–Crippen LogP) is 1.64. The Labute approximate surface area is 185 Å². The number of nitrogens with one attached hydrogen (secondary N) is 1. The Morgan fingerprint density at radius 3 is 2.68 bits per heavy atom. The van der Waals surface area contributed by atoms with E-state index in [4.69, 9.17) is 9.47 Å². The summed E-state index contributed by atoms with van der Waals surface area (Å²) in [7, 11) is 0. The van der Waals surface area contributed by atoms with E-state index in [-0.39, 0.29) is 30.9 Å². The van der Waals surface area contributed by atoms with Crippen LogP contribution in [0.2, 0.25) is 0 Å². The number of likely N-dealkylation sites (tertiary alicyclic amines) is 1. The first-order valence-electron chi connectivity index (χ1n) is 11.9. The van der Waals surface area contributed by atoms with Crippen molar-refractivity contribution in [1.82, 2.24) is 10.2 Å². The van der Waals surface area contributed by atoms with Gasteiger partial charge in [-0.05, 0) is 32.1 Å². The minimum absolute atomic E-state index is 0.00203. The number of hydrogen-bond acceptors (Lipinski definition) is 6. The molecule has 0 saturated carbocycles. The van der Waals surface area contributed by atoms with Crippen molar-refractivity contribution in [2.24, 2.45) is 17.8 Å². The second kappa shape index (κ2) is 9.86. The number of ether oxygens (including phenoxy) is 2.